The molecule has 2 heterocycles. The minimum Gasteiger partial charge on any atom is -0.486 e. The number of benzene rings is 2. The van der Waals surface area contributed by atoms with Gasteiger partial charge >= 0.3 is 0 Å². The molecule has 3 aromatic rings. The van der Waals surface area contributed by atoms with Crippen LogP contribution in [0.1, 0.15) is 46.4 Å². The van der Waals surface area contributed by atoms with Crippen molar-refractivity contribution in [3.63, 3.8) is 0 Å². The van der Waals surface area contributed by atoms with Gasteiger partial charge in [0.15, 0.2) is 17.3 Å². The second-order valence-electron chi connectivity index (χ2n) is 7.61. The number of fused-ring (bicyclic) bond motifs is 1. The Hall–Kier alpha value is -3.74. The standard InChI is InChI=1S/C24H24N2O5/c1-15(2)22(17-7-10-19-21(14-17)31-13-12-30-19)26-23(27)16-5-8-18(9-6-16)25-24(28)20-4-3-11-29-20/h3-11,14-15,22H,12-13H2,1-2H3,(H,25,28)(H,26,27). The summed E-state index contributed by atoms with van der Waals surface area (Å²) >= 11 is 0. The molecule has 31 heavy (non-hydrogen) atoms. The summed E-state index contributed by atoms with van der Waals surface area (Å²) in [6, 6.07) is 15.5. The Morgan fingerprint density at radius 2 is 1.65 bits per heavy atom. The van der Waals surface area contributed by atoms with Crippen LogP contribution in [0.25, 0.3) is 0 Å². The highest BCUT2D eigenvalue weighted by Crippen LogP contribution is 2.34. The molecule has 7 heteroatoms. The molecule has 1 unspecified atom stereocenters. The molecule has 0 aliphatic carbocycles. The first kappa shape index (κ1) is 20.5. The SMILES string of the molecule is CC(C)C(NC(=O)c1ccc(NC(=O)c2ccco2)cc1)c1ccc2c(c1)OCCO2. The monoisotopic (exact) mass is 420 g/mol. The Labute approximate surface area is 180 Å². The van der Waals surface area contributed by atoms with Gasteiger partial charge in [-0.1, -0.05) is 19.9 Å². The molecule has 2 amide bonds. The van der Waals surface area contributed by atoms with Crippen molar-refractivity contribution in [3.05, 3.63) is 77.7 Å². The van der Waals surface area contributed by atoms with Gasteiger partial charge in [0, 0.05) is 11.3 Å². The third kappa shape index (κ3) is 4.71. The predicted molar refractivity (Wildman–Crippen MR) is 116 cm³/mol. The highest BCUT2D eigenvalue weighted by molar-refractivity contribution is 6.02. The summed E-state index contributed by atoms with van der Waals surface area (Å²) < 4.78 is 16.3. The topological polar surface area (TPSA) is 89.8 Å². The molecule has 0 spiro atoms. The van der Waals surface area contributed by atoms with E-state index in [0.717, 1.165) is 11.3 Å². The summed E-state index contributed by atoms with van der Waals surface area (Å²) in [7, 11) is 0. The highest BCUT2D eigenvalue weighted by Gasteiger charge is 2.22. The first-order chi connectivity index (χ1) is 15.0. The van der Waals surface area contributed by atoms with Crippen molar-refractivity contribution < 1.29 is 23.5 Å². The van der Waals surface area contributed by atoms with Crippen LogP contribution in [0.5, 0.6) is 11.5 Å². The molecule has 0 radical (unpaired) electrons. The summed E-state index contributed by atoms with van der Waals surface area (Å²) in [6.45, 7) is 5.15. The van der Waals surface area contributed by atoms with E-state index in [-0.39, 0.29) is 29.5 Å². The van der Waals surface area contributed by atoms with E-state index >= 15 is 0 Å². The minimum absolute atomic E-state index is 0.165. The molecule has 1 aliphatic rings. The Balaban J connectivity index is 1.45. The fourth-order valence-electron chi connectivity index (χ4n) is 3.42. The van der Waals surface area contributed by atoms with Gasteiger partial charge in [-0.25, -0.2) is 0 Å². The van der Waals surface area contributed by atoms with Crippen molar-refractivity contribution in [1.29, 1.82) is 0 Å². The fourth-order valence-corrected chi connectivity index (χ4v) is 3.42. The molecule has 0 fully saturated rings. The van der Waals surface area contributed by atoms with E-state index < -0.39 is 0 Å². The second-order valence-corrected chi connectivity index (χ2v) is 7.61. The van der Waals surface area contributed by atoms with E-state index in [2.05, 4.69) is 24.5 Å². The summed E-state index contributed by atoms with van der Waals surface area (Å²) in [5.74, 6) is 1.26. The van der Waals surface area contributed by atoms with Crippen LogP contribution in [-0.2, 0) is 0 Å². The first-order valence-electron chi connectivity index (χ1n) is 10.2. The van der Waals surface area contributed by atoms with E-state index in [1.807, 2.05) is 18.2 Å². The van der Waals surface area contributed by atoms with Gasteiger partial charge in [-0.2, -0.15) is 0 Å². The van der Waals surface area contributed by atoms with Crippen molar-refractivity contribution in [1.82, 2.24) is 5.32 Å². The lowest BCUT2D eigenvalue weighted by molar-refractivity contribution is 0.0924. The molecule has 1 aliphatic heterocycles. The van der Waals surface area contributed by atoms with E-state index in [1.54, 1.807) is 36.4 Å². The quantitative estimate of drug-likeness (QED) is 0.616. The van der Waals surface area contributed by atoms with E-state index in [0.29, 0.717) is 30.2 Å². The summed E-state index contributed by atoms with van der Waals surface area (Å²) in [4.78, 5) is 24.9. The van der Waals surface area contributed by atoms with Crippen molar-refractivity contribution in [2.45, 2.75) is 19.9 Å². The average molecular weight is 420 g/mol. The van der Waals surface area contributed by atoms with Gasteiger partial charge in [-0.3, -0.25) is 9.59 Å². The van der Waals surface area contributed by atoms with Crippen LogP contribution < -0.4 is 20.1 Å². The Bertz CT molecular complexity index is 1060. The second kappa shape index (κ2) is 8.95. The molecule has 0 bridgehead atoms. The smallest absolute Gasteiger partial charge is 0.291 e. The number of amides is 2. The van der Waals surface area contributed by atoms with Gasteiger partial charge in [-0.05, 0) is 60.0 Å². The maximum Gasteiger partial charge on any atom is 0.291 e. The molecule has 0 saturated carbocycles. The number of furan rings is 1. The van der Waals surface area contributed by atoms with Crippen LogP contribution in [-0.4, -0.2) is 25.0 Å². The lowest BCUT2D eigenvalue weighted by Gasteiger charge is -2.25. The molecular formula is C24H24N2O5. The van der Waals surface area contributed by atoms with Gasteiger partial charge < -0.3 is 24.5 Å². The van der Waals surface area contributed by atoms with Crippen molar-refractivity contribution in [2.24, 2.45) is 5.92 Å². The molecule has 160 valence electrons. The highest BCUT2D eigenvalue weighted by atomic mass is 16.6. The van der Waals surface area contributed by atoms with Crippen LogP contribution in [0.3, 0.4) is 0 Å². The molecule has 4 rings (SSSR count). The van der Waals surface area contributed by atoms with Crippen molar-refractivity contribution in [2.75, 3.05) is 18.5 Å². The number of carbonyl (C=O) groups is 2. The molecule has 2 aromatic carbocycles. The normalized spacial score (nSPS) is 13.5. The number of hydrogen-bond donors (Lipinski definition) is 2. The molecule has 0 saturated heterocycles. The zero-order valence-electron chi connectivity index (χ0n) is 17.4. The van der Waals surface area contributed by atoms with Crippen LogP contribution >= 0.6 is 0 Å². The molecule has 2 N–H and O–H groups in total. The number of rotatable bonds is 6. The average Bonchev–Trinajstić information content (AvgIpc) is 3.32. The Morgan fingerprint density at radius 3 is 2.32 bits per heavy atom. The number of hydrogen-bond acceptors (Lipinski definition) is 5. The van der Waals surface area contributed by atoms with Crippen LogP contribution in [0.4, 0.5) is 5.69 Å². The maximum atomic E-state index is 12.9. The minimum atomic E-state index is -0.347. The number of carbonyl (C=O) groups excluding carboxylic acids is 2. The Kier molecular flexibility index (Phi) is 5.93. The molecule has 7 nitrogen and oxygen atoms in total. The third-order valence-corrected chi connectivity index (χ3v) is 5.03. The fraction of sp³-hybridized carbons (Fsp3) is 0.250. The zero-order chi connectivity index (χ0) is 21.8. The number of nitrogens with one attached hydrogen (secondary N) is 2. The summed E-state index contributed by atoms with van der Waals surface area (Å²) in [5.41, 5.74) is 2.03. The van der Waals surface area contributed by atoms with Gasteiger partial charge in [0.2, 0.25) is 0 Å². The first-order valence-corrected chi connectivity index (χ1v) is 10.2. The van der Waals surface area contributed by atoms with Crippen LogP contribution in [0, 0.1) is 5.92 Å². The maximum absolute atomic E-state index is 12.9. The van der Waals surface area contributed by atoms with E-state index in [1.165, 1.54) is 6.26 Å². The van der Waals surface area contributed by atoms with Crippen LogP contribution in [0.15, 0.2) is 65.3 Å². The number of ether oxygens (including phenoxy) is 2. The van der Waals surface area contributed by atoms with E-state index in [9.17, 15) is 9.59 Å². The molecule has 1 aromatic heterocycles. The Morgan fingerprint density at radius 1 is 0.903 bits per heavy atom. The van der Waals surface area contributed by atoms with Gasteiger partial charge in [0.05, 0.1) is 12.3 Å². The van der Waals surface area contributed by atoms with E-state index in [4.69, 9.17) is 13.9 Å². The lowest BCUT2D eigenvalue weighted by atomic mass is 9.95. The number of anilines is 1. The zero-order valence-corrected chi connectivity index (χ0v) is 17.4. The summed E-state index contributed by atoms with van der Waals surface area (Å²) in [5, 5.41) is 5.83. The third-order valence-electron chi connectivity index (χ3n) is 5.03. The van der Waals surface area contributed by atoms with Gasteiger partial charge in [0.1, 0.15) is 13.2 Å². The summed E-state index contributed by atoms with van der Waals surface area (Å²) in [6.07, 6.45) is 1.44. The van der Waals surface area contributed by atoms with Gasteiger partial charge in [0.25, 0.3) is 11.8 Å². The lowest BCUT2D eigenvalue weighted by Crippen LogP contribution is -2.32. The largest absolute Gasteiger partial charge is 0.486 e. The molecule has 1 atom stereocenters. The molecular weight excluding hydrogens is 396 g/mol. The predicted octanol–water partition coefficient (Wildman–Crippen LogP) is 4.43. The van der Waals surface area contributed by atoms with Crippen LogP contribution in [0.2, 0.25) is 0 Å². The van der Waals surface area contributed by atoms with Crippen molar-refractivity contribution in [3.8, 4) is 11.5 Å². The van der Waals surface area contributed by atoms with Crippen molar-refractivity contribution >= 4 is 17.5 Å². The van der Waals surface area contributed by atoms with Gasteiger partial charge in [-0.15, -0.1) is 0 Å².